The number of anilines is 1. The van der Waals surface area contributed by atoms with Crippen LogP contribution in [-0.2, 0) is 9.53 Å². The third-order valence-electron chi connectivity index (χ3n) is 4.07. The maximum Gasteiger partial charge on any atom is 0.307 e. The molecule has 0 spiro atoms. The summed E-state index contributed by atoms with van der Waals surface area (Å²) >= 11 is 0. The zero-order valence-corrected chi connectivity index (χ0v) is 12.9. The van der Waals surface area contributed by atoms with Gasteiger partial charge in [0.05, 0.1) is 19.2 Å². The Morgan fingerprint density at radius 1 is 1.41 bits per heavy atom. The van der Waals surface area contributed by atoms with Crippen molar-refractivity contribution in [2.45, 2.75) is 19.4 Å². The lowest BCUT2D eigenvalue weighted by Crippen LogP contribution is -2.50. The summed E-state index contributed by atoms with van der Waals surface area (Å²) < 4.78 is 18.4. The number of carbonyl (C=O) groups excluding carboxylic acids is 1. The Kier molecular flexibility index (Phi) is 5.34. The van der Waals surface area contributed by atoms with Crippen LogP contribution in [-0.4, -0.2) is 50.2 Å². The summed E-state index contributed by atoms with van der Waals surface area (Å²) in [7, 11) is 1.39. The molecule has 1 heterocycles. The average molecular weight is 305 g/mol. The zero-order valence-electron chi connectivity index (χ0n) is 12.9. The van der Waals surface area contributed by atoms with E-state index < -0.39 is 5.82 Å². The van der Waals surface area contributed by atoms with Gasteiger partial charge in [-0.3, -0.25) is 9.69 Å². The Labute approximate surface area is 129 Å². The third-order valence-corrected chi connectivity index (χ3v) is 4.07. The highest BCUT2D eigenvalue weighted by atomic mass is 19.1. The molecule has 1 aromatic carbocycles. The fraction of sp³-hybridized carbons (Fsp3) is 0.500. The van der Waals surface area contributed by atoms with Crippen molar-refractivity contribution in [2.75, 3.05) is 38.2 Å². The summed E-state index contributed by atoms with van der Waals surface area (Å²) in [6, 6.07) is 6.74. The van der Waals surface area contributed by atoms with Crippen LogP contribution >= 0.6 is 0 Å². The van der Waals surface area contributed by atoms with Crippen LogP contribution in [0.15, 0.2) is 18.2 Å². The summed E-state index contributed by atoms with van der Waals surface area (Å²) in [5.74, 6) is -0.701. The number of piperazine rings is 1. The van der Waals surface area contributed by atoms with E-state index in [1.54, 1.807) is 12.1 Å². The minimum absolute atomic E-state index is 0.0959. The second-order valence-corrected chi connectivity index (χ2v) is 5.40. The van der Waals surface area contributed by atoms with Gasteiger partial charge in [0, 0.05) is 32.2 Å². The van der Waals surface area contributed by atoms with Crippen molar-refractivity contribution >= 4 is 11.7 Å². The van der Waals surface area contributed by atoms with E-state index in [0.717, 1.165) is 13.1 Å². The molecule has 0 radical (unpaired) electrons. The van der Waals surface area contributed by atoms with Gasteiger partial charge in [-0.1, -0.05) is 6.07 Å². The highest BCUT2D eigenvalue weighted by Crippen LogP contribution is 2.24. The lowest BCUT2D eigenvalue weighted by Gasteiger charge is -2.39. The quantitative estimate of drug-likeness (QED) is 0.794. The number of nitrogens with zero attached hydrogens (tertiary/aromatic N) is 3. The van der Waals surface area contributed by atoms with Gasteiger partial charge in [0.1, 0.15) is 17.4 Å². The van der Waals surface area contributed by atoms with Crippen LogP contribution in [0, 0.1) is 17.1 Å². The molecule has 2 rings (SSSR count). The number of rotatable bonds is 4. The smallest absolute Gasteiger partial charge is 0.307 e. The van der Waals surface area contributed by atoms with Crippen LogP contribution in [0.1, 0.15) is 18.9 Å². The summed E-state index contributed by atoms with van der Waals surface area (Å²) in [6.07, 6.45) is 0.361. The van der Waals surface area contributed by atoms with E-state index >= 15 is 0 Å². The molecule has 0 N–H and O–H groups in total. The van der Waals surface area contributed by atoms with E-state index in [1.807, 2.05) is 17.9 Å². The molecule has 0 saturated carbocycles. The van der Waals surface area contributed by atoms with Gasteiger partial charge in [-0.05, 0) is 19.1 Å². The first-order valence-corrected chi connectivity index (χ1v) is 7.31. The number of hydrogen-bond acceptors (Lipinski definition) is 5. The molecule has 0 bridgehead atoms. The number of ether oxygens (including phenoxy) is 1. The van der Waals surface area contributed by atoms with E-state index in [0.29, 0.717) is 25.2 Å². The second kappa shape index (κ2) is 7.23. The molecule has 1 aliphatic heterocycles. The molecule has 1 saturated heterocycles. The molecule has 1 fully saturated rings. The molecule has 0 aliphatic carbocycles. The van der Waals surface area contributed by atoms with Crippen LogP contribution < -0.4 is 4.90 Å². The van der Waals surface area contributed by atoms with Crippen LogP contribution in [0.2, 0.25) is 0 Å². The molecule has 0 aromatic heterocycles. The van der Waals surface area contributed by atoms with Crippen molar-refractivity contribution < 1.29 is 13.9 Å². The Hall–Kier alpha value is -2.13. The number of methoxy groups -OCH3 is 1. The first-order chi connectivity index (χ1) is 10.6. The number of esters is 1. The minimum Gasteiger partial charge on any atom is -0.469 e. The third kappa shape index (κ3) is 3.55. The van der Waals surface area contributed by atoms with Crippen molar-refractivity contribution in [1.29, 1.82) is 5.26 Å². The summed E-state index contributed by atoms with van der Waals surface area (Å²) in [4.78, 5) is 15.6. The lowest BCUT2D eigenvalue weighted by molar-refractivity contribution is -0.141. The van der Waals surface area contributed by atoms with E-state index in [2.05, 4.69) is 4.90 Å². The Morgan fingerprint density at radius 3 is 2.68 bits per heavy atom. The van der Waals surface area contributed by atoms with Crippen molar-refractivity contribution in [3.8, 4) is 6.07 Å². The molecule has 6 heteroatoms. The molecule has 1 atom stereocenters. The van der Waals surface area contributed by atoms with Gasteiger partial charge in [0.2, 0.25) is 0 Å². The SMILES string of the molecule is COC(=O)C[C@H](C)N1CCN(c2cccc(F)c2C#N)CC1. The standard InChI is InChI=1S/C16H20FN3O2/c1-12(10-16(21)22-2)19-6-8-20(9-7-19)15-5-3-4-14(17)13(15)11-18/h3-5,12H,6-10H2,1-2H3/t12-/m0/s1. The number of nitriles is 1. The maximum atomic E-state index is 13.7. The summed E-state index contributed by atoms with van der Waals surface area (Å²) in [6.45, 7) is 4.92. The molecule has 0 amide bonds. The Morgan fingerprint density at radius 2 is 2.09 bits per heavy atom. The van der Waals surface area contributed by atoms with Crippen LogP contribution in [0.5, 0.6) is 0 Å². The highest BCUT2D eigenvalue weighted by molar-refractivity contribution is 5.69. The monoisotopic (exact) mass is 305 g/mol. The summed E-state index contributed by atoms with van der Waals surface area (Å²) in [5, 5.41) is 9.12. The van der Waals surface area contributed by atoms with Gasteiger partial charge in [0.15, 0.2) is 0 Å². The predicted octanol–water partition coefficient (Wildman–Crippen LogP) is 1.77. The molecule has 0 unspecified atom stereocenters. The number of carbonyl (C=O) groups is 1. The molecule has 118 valence electrons. The van der Waals surface area contributed by atoms with E-state index in [9.17, 15) is 9.18 Å². The van der Waals surface area contributed by atoms with Crippen LogP contribution in [0.3, 0.4) is 0 Å². The first kappa shape index (κ1) is 16.2. The van der Waals surface area contributed by atoms with Crippen molar-refractivity contribution in [3.63, 3.8) is 0 Å². The molecule has 1 aliphatic rings. The lowest BCUT2D eigenvalue weighted by atomic mass is 10.1. The molecular weight excluding hydrogens is 285 g/mol. The number of benzene rings is 1. The largest absolute Gasteiger partial charge is 0.469 e. The minimum atomic E-state index is -0.485. The first-order valence-electron chi connectivity index (χ1n) is 7.31. The fourth-order valence-electron chi connectivity index (χ4n) is 2.74. The number of halogens is 1. The van der Waals surface area contributed by atoms with E-state index in [1.165, 1.54) is 13.2 Å². The van der Waals surface area contributed by atoms with Gasteiger partial charge in [-0.15, -0.1) is 0 Å². The number of hydrogen-bond donors (Lipinski definition) is 0. The van der Waals surface area contributed by atoms with Gasteiger partial charge < -0.3 is 9.64 Å². The van der Waals surface area contributed by atoms with Gasteiger partial charge in [0.25, 0.3) is 0 Å². The fourth-order valence-corrected chi connectivity index (χ4v) is 2.74. The van der Waals surface area contributed by atoms with Crippen molar-refractivity contribution in [1.82, 2.24) is 4.90 Å². The van der Waals surface area contributed by atoms with Gasteiger partial charge in [-0.2, -0.15) is 5.26 Å². The zero-order chi connectivity index (χ0) is 16.1. The van der Waals surface area contributed by atoms with E-state index in [4.69, 9.17) is 10.00 Å². The Balaban J connectivity index is 2.00. The van der Waals surface area contributed by atoms with Crippen molar-refractivity contribution in [2.24, 2.45) is 0 Å². The van der Waals surface area contributed by atoms with E-state index in [-0.39, 0.29) is 17.6 Å². The summed E-state index contributed by atoms with van der Waals surface area (Å²) in [5.41, 5.74) is 0.737. The maximum absolute atomic E-state index is 13.7. The molecule has 1 aromatic rings. The van der Waals surface area contributed by atoms with Gasteiger partial charge in [-0.25, -0.2) is 4.39 Å². The second-order valence-electron chi connectivity index (χ2n) is 5.40. The normalized spacial score (nSPS) is 16.9. The molecular formula is C16H20FN3O2. The topological polar surface area (TPSA) is 56.6 Å². The van der Waals surface area contributed by atoms with Gasteiger partial charge >= 0.3 is 5.97 Å². The van der Waals surface area contributed by atoms with Crippen LogP contribution in [0.25, 0.3) is 0 Å². The van der Waals surface area contributed by atoms with Crippen LogP contribution in [0.4, 0.5) is 10.1 Å². The van der Waals surface area contributed by atoms with Crippen molar-refractivity contribution in [3.05, 3.63) is 29.6 Å². The molecule has 22 heavy (non-hydrogen) atoms. The average Bonchev–Trinajstić information content (AvgIpc) is 2.54. The predicted molar refractivity (Wildman–Crippen MR) is 81.0 cm³/mol. The Bertz CT molecular complexity index is 577. The highest BCUT2D eigenvalue weighted by Gasteiger charge is 2.24. The molecule has 5 nitrogen and oxygen atoms in total.